The third kappa shape index (κ3) is 3.02. The van der Waals surface area contributed by atoms with Crippen molar-refractivity contribution < 1.29 is 0 Å². The molecular formula is C18H25N3. The number of fused-ring (bicyclic) bond motifs is 1. The Morgan fingerprint density at radius 1 is 1.29 bits per heavy atom. The Bertz CT molecular complexity index is 646. The highest BCUT2D eigenvalue weighted by atomic mass is 15.1. The summed E-state index contributed by atoms with van der Waals surface area (Å²) in [6.07, 6.45) is 8.44. The largest absolute Gasteiger partial charge is 0.375 e. The van der Waals surface area contributed by atoms with E-state index in [2.05, 4.69) is 52.7 Å². The minimum atomic E-state index is 0. The van der Waals surface area contributed by atoms with Gasteiger partial charge in [0.05, 0.1) is 5.69 Å². The van der Waals surface area contributed by atoms with Gasteiger partial charge in [0.25, 0.3) is 0 Å². The van der Waals surface area contributed by atoms with Crippen LogP contribution in [-0.4, -0.2) is 27.4 Å². The van der Waals surface area contributed by atoms with Gasteiger partial charge in [-0.25, -0.2) is 4.98 Å². The zero-order chi connectivity index (χ0) is 14.1. The molecule has 0 saturated carbocycles. The molecule has 2 aromatic rings. The predicted molar refractivity (Wildman–Crippen MR) is 90.4 cm³/mol. The van der Waals surface area contributed by atoms with E-state index in [1.54, 1.807) is 6.08 Å². The van der Waals surface area contributed by atoms with Crippen LogP contribution in [-0.2, 0) is 0 Å². The fraction of sp³-hybridized carbons (Fsp3) is 0.389. The fourth-order valence-electron chi connectivity index (χ4n) is 2.96. The van der Waals surface area contributed by atoms with Crippen LogP contribution < -0.4 is 0 Å². The molecule has 1 saturated heterocycles. The maximum absolute atomic E-state index is 4.48. The van der Waals surface area contributed by atoms with Gasteiger partial charge in [0.15, 0.2) is 0 Å². The number of nitrogens with zero attached hydrogens (tertiary/aromatic N) is 3. The average molecular weight is 283 g/mol. The lowest BCUT2D eigenvalue weighted by atomic mass is 9.90. The number of allylic oxidation sites excluding steroid dienone is 1. The van der Waals surface area contributed by atoms with Gasteiger partial charge in [-0.3, -0.25) is 0 Å². The van der Waals surface area contributed by atoms with Crippen LogP contribution >= 0.6 is 0 Å². The Labute approximate surface area is 127 Å². The second-order valence-electron chi connectivity index (χ2n) is 5.59. The molecule has 0 amide bonds. The monoisotopic (exact) mass is 283 g/mol. The highest BCUT2D eigenvalue weighted by molar-refractivity contribution is 5.50. The highest BCUT2D eigenvalue weighted by Gasteiger charge is 2.20. The van der Waals surface area contributed by atoms with E-state index in [9.17, 15) is 0 Å². The Kier molecular flexibility index (Phi) is 4.51. The van der Waals surface area contributed by atoms with Crippen molar-refractivity contribution >= 4 is 11.7 Å². The topological polar surface area (TPSA) is 20.5 Å². The van der Waals surface area contributed by atoms with Gasteiger partial charge in [0.1, 0.15) is 5.65 Å². The second-order valence-corrected chi connectivity index (χ2v) is 5.59. The summed E-state index contributed by atoms with van der Waals surface area (Å²) < 4.78 is 2.11. The first-order valence-corrected chi connectivity index (χ1v) is 7.19. The molecule has 0 bridgehead atoms. The Balaban J connectivity index is 0.00000161. The first kappa shape index (κ1) is 15.4. The summed E-state index contributed by atoms with van der Waals surface area (Å²) in [5.74, 6) is 0.643. The van der Waals surface area contributed by atoms with Crippen LogP contribution in [0.25, 0.3) is 11.7 Å². The van der Waals surface area contributed by atoms with Crippen molar-refractivity contribution in [3.05, 3.63) is 54.6 Å². The lowest BCUT2D eigenvalue weighted by Gasteiger charge is -2.33. The molecule has 0 spiro atoms. The summed E-state index contributed by atoms with van der Waals surface area (Å²) in [6.45, 7) is 12.1. The van der Waals surface area contributed by atoms with Crippen LogP contribution in [0.1, 0.15) is 44.4 Å². The zero-order valence-electron chi connectivity index (χ0n) is 12.0. The molecule has 3 heterocycles. The van der Waals surface area contributed by atoms with Crippen LogP contribution in [0.2, 0.25) is 0 Å². The molecule has 0 N–H and O–H groups in total. The van der Waals surface area contributed by atoms with Gasteiger partial charge < -0.3 is 9.30 Å². The SMILES string of the molecule is C.C=Cc1cn2cc(C3CCN(C(=C)C)CC3)ccc2n1. The van der Waals surface area contributed by atoms with Crippen LogP contribution in [0.4, 0.5) is 0 Å². The quantitative estimate of drug-likeness (QED) is 0.836. The molecule has 3 heteroatoms. The van der Waals surface area contributed by atoms with Gasteiger partial charge in [-0.05, 0) is 43.4 Å². The summed E-state index contributed by atoms with van der Waals surface area (Å²) in [6, 6.07) is 4.32. The molecule has 1 aliphatic heterocycles. The van der Waals surface area contributed by atoms with Crippen molar-refractivity contribution in [3.8, 4) is 0 Å². The number of likely N-dealkylation sites (tertiary alicyclic amines) is 1. The second kappa shape index (κ2) is 6.17. The molecule has 0 unspecified atom stereocenters. The highest BCUT2D eigenvalue weighted by Crippen LogP contribution is 2.29. The third-order valence-electron chi connectivity index (χ3n) is 4.21. The van der Waals surface area contributed by atoms with Crippen LogP contribution in [0.5, 0.6) is 0 Å². The van der Waals surface area contributed by atoms with Gasteiger partial charge in [0.2, 0.25) is 0 Å². The zero-order valence-corrected chi connectivity index (χ0v) is 12.0. The van der Waals surface area contributed by atoms with E-state index in [0.717, 1.165) is 24.4 Å². The number of imidazole rings is 1. The lowest BCUT2D eigenvalue weighted by Crippen LogP contribution is -2.31. The van der Waals surface area contributed by atoms with Gasteiger partial charge in [0, 0.05) is 31.2 Å². The maximum atomic E-state index is 4.48. The van der Waals surface area contributed by atoms with E-state index < -0.39 is 0 Å². The maximum Gasteiger partial charge on any atom is 0.137 e. The minimum absolute atomic E-state index is 0. The summed E-state index contributed by atoms with van der Waals surface area (Å²) >= 11 is 0. The number of rotatable bonds is 3. The van der Waals surface area contributed by atoms with E-state index in [1.807, 2.05) is 6.20 Å². The first-order chi connectivity index (χ1) is 9.67. The predicted octanol–water partition coefficient (Wildman–Crippen LogP) is 4.33. The Hall–Kier alpha value is -2.03. The Morgan fingerprint density at radius 3 is 2.62 bits per heavy atom. The van der Waals surface area contributed by atoms with Crippen molar-refractivity contribution in [3.63, 3.8) is 0 Å². The van der Waals surface area contributed by atoms with Crippen molar-refractivity contribution in [1.82, 2.24) is 14.3 Å². The molecule has 3 rings (SSSR count). The molecule has 0 aliphatic carbocycles. The number of pyridine rings is 1. The molecular weight excluding hydrogens is 258 g/mol. The fourth-order valence-corrected chi connectivity index (χ4v) is 2.96. The molecule has 21 heavy (non-hydrogen) atoms. The van der Waals surface area contributed by atoms with Gasteiger partial charge in [-0.1, -0.05) is 26.7 Å². The molecule has 0 aromatic carbocycles. The van der Waals surface area contributed by atoms with Crippen molar-refractivity contribution in [2.24, 2.45) is 0 Å². The smallest absolute Gasteiger partial charge is 0.137 e. The van der Waals surface area contributed by atoms with Crippen molar-refractivity contribution in [2.45, 2.75) is 33.1 Å². The minimum Gasteiger partial charge on any atom is -0.375 e. The van der Waals surface area contributed by atoms with Gasteiger partial charge >= 0.3 is 0 Å². The molecule has 3 nitrogen and oxygen atoms in total. The first-order valence-electron chi connectivity index (χ1n) is 7.19. The van der Waals surface area contributed by atoms with Gasteiger partial charge in [-0.2, -0.15) is 0 Å². The summed E-state index contributed by atoms with van der Waals surface area (Å²) in [5, 5.41) is 0. The summed E-state index contributed by atoms with van der Waals surface area (Å²) in [4.78, 5) is 6.85. The molecule has 0 radical (unpaired) electrons. The lowest BCUT2D eigenvalue weighted by molar-refractivity contribution is 0.264. The van der Waals surface area contributed by atoms with E-state index in [0.29, 0.717) is 5.92 Å². The normalized spacial score (nSPS) is 15.8. The molecule has 1 fully saturated rings. The van der Waals surface area contributed by atoms with E-state index >= 15 is 0 Å². The standard InChI is InChI=1S/C17H21N3.CH4/c1-4-16-12-20-11-15(5-6-17(20)18-16)14-7-9-19(10-8-14)13(2)3;/h4-6,11-12,14H,1-2,7-10H2,3H3;1H4. The van der Waals surface area contributed by atoms with E-state index in [1.165, 1.54) is 24.1 Å². The number of aromatic nitrogens is 2. The van der Waals surface area contributed by atoms with Gasteiger partial charge in [-0.15, -0.1) is 0 Å². The number of hydrogen-bond donors (Lipinski definition) is 0. The third-order valence-corrected chi connectivity index (χ3v) is 4.21. The van der Waals surface area contributed by atoms with Crippen LogP contribution in [0.15, 0.2) is 43.4 Å². The van der Waals surface area contributed by atoms with Crippen molar-refractivity contribution in [2.75, 3.05) is 13.1 Å². The molecule has 1 aliphatic rings. The molecule has 112 valence electrons. The average Bonchev–Trinajstić information content (AvgIpc) is 2.89. The van der Waals surface area contributed by atoms with Crippen molar-refractivity contribution in [1.29, 1.82) is 0 Å². The van der Waals surface area contributed by atoms with E-state index in [-0.39, 0.29) is 7.43 Å². The van der Waals surface area contributed by atoms with Crippen LogP contribution in [0, 0.1) is 0 Å². The summed E-state index contributed by atoms with van der Waals surface area (Å²) in [7, 11) is 0. The molecule has 0 atom stereocenters. The summed E-state index contributed by atoms with van der Waals surface area (Å²) in [5.41, 5.74) is 4.51. The van der Waals surface area contributed by atoms with E-state index in [4.69, 9.17) is 0 Å². The number of piperidine rings is 1. The Morgan fingerprint density at radius 2 is 2.00 bits per heavy atom. The van der Waals surface area contributed by atoms with Crippen LogP contribution in [0.3, 0.4) is 0 Å². The molecule has 2 aromatic heterocycles. The number of hydrogen-bond acceptors (Lipinski definition) is 2.